The molecular weight excluding hydrogens is 2480 g/mol. The van der Waals surface area contributed by atoms with Crippen molar-refractivity contribution >= 4 is 162 Å². The molecule has 0 fully saturated rings. The summed E-state index contributed by atoms with van der Waals surface area (Å²) in [5, 5.41) is 63.9. The number of aromatic hydroxyl groups is 5. The SMILES string of the molecule is C.C.C.C.C.C.CC1(C)OC(=O)c2cc(I)c(O)cc2O1.CC1(C)OC(=O)c2cc3c(C#C[Si](C)(C)C)c(-c4ccccc4)oc3cc2O1.CC1(C)OC(=O)c2cc3c(I)c(-c4ccccc4)oc3cc2O1.COc1cc2c(cc1C#Cc1ccccc1)C(=O)OC(C)(C)O2.Cc1cc2c(cc1I)C(=O)OC(C)(C)O2.O=C(O)c1cc(I)c(O)cc1O.O=C(O)c1ccc(O)cc1O.[CH3-].[CH3-].[CH3-].[Y].[Y].[Y]. The topological polar surface area (TPSA) is 389 Å². The Morgan fingerprint density at radius 3 is 1.15 bits per heavy atom. The van der Waals surface area contributed by atoms with Gasteiger partial charge in [0.2, 0.25) is 28.9 Å². The largest absolute Gasteiger partial charge is 0.508 e. The smallest absolute Gasteiger partial charge is 0.345 e. The molecule has 7 N–H and O–H groups in total. The number of ether oxygens (including phenoxy) is 11. The van der Waals surface area contributed by atoms with Crippen LogP contribution in [-0.2, 0) is 122 Å². The molecule has 0 atom stereocenters. The molecule has 10 aromatic carbocycles. The molecule has 5 aliphatic rings. The number of hydrogen-bond donors (Lipinski definition) is 7. The first-order valence-corrected chi connectivity index (χ1v) is 46.2. The Balaban J connectivity index is 0. The predicted molar refractivity (Wildman–Crippen MR) is 563 cm³/mol. The summed E-state index contributed by atoms with van der Waals surface area (Å²) in [4.78, 5) is 80.8. The zero-order valence-electron chi connectivity index (χ0n) is 75.4. The Hall–Kier alpha value is -9.06. The van der Waals surface area contributed by atoms with Crippen LogP contribution in [0.1, 0.15) is 209 Å². The molecule has 0 amide bonds. The van der Waals surface area contributed by atoms with Crippen LogP contribution in [0.25, 0.3) is 44.6 Å². The fraction of sp³-hybridized carbons (Fsp3) is 0.250. The van der Waals surface area contributed by atoms with Crippen molar-refractivity contribution in [2.45, 2.75) is 169 Å². The molecule has 0 saturated carbocycles. The van der Waals surface area contributed by atoms with Crippen molar-refractivity contribution in [2.24, 2.45) is 0 Å². The van der Waals surface area contributed by atoms with Gasteiger partial charge in [0, 0.05) is 235 Å². The van der Waals surface area contributed by atoms with Crippen LogP contribution in [0.3, 0.4) is 0 Å². The Kier molecular flexibility index (Phi) is 51.7. The molecule has 0 aliphatic carbocycles. The number of carbonyl (C=O) groups excluding carboxylic acids is 5. The van der Waals surface area contributed by atoms with Crippen LogP contribution in [0, 0.1) is 66.8 Å². The minimum atomic E-state index is -1.60. The number of carbonyl (C=O) groups is 7. The maximum Gasteiger partial charge on any atom is 0.345 e. The molecule has 0 saturated heterocycles. The van der Waals surface area contributed by atoms with E-state index in [1.165, 1.54) is 18.2 Å². The van der Waals surface area contributed by atoms with Crippen LogP contribution in [0.2, 0.25) is 19.6 Å². The van der Waals surface area contributed by atoms with Gasteiger partial charge in [-0.05, 0) is 170 Å². The maximum atomic E-state index is 12.5. The Labute approximate surface area is 944 Å². The number of aryl methyl sites for hydroxylation is 1. The summed E-state index contributed by atoms with van der Waals surface area (Å²) < 4.78 is 74.9. The number of phenolic OH excluding ortho intramolecular Hbond substituents is 3. The second-order valence-electron chi connectivity index (χ2n) is 31.6. The molecule has 7 heterocycles. The van der Waals surface area contributed by atoms with Gasteiger partial charge in [-0.3, -0.25) is 0 Å². The molecule has 5 aliphatic heterocycles. The number of carboxylic acid groups (broad SMARTS) is 2. The zero-order valence-corrected chi connectivity index (χ0v) is 93.5. The molecule has 737 valence electrons. The summed E-state index contributed by atoms with van der Waals surface area (Å²) in [6.45, 7) is 25.5. The van der Waals surface area contributed by atoms with E-state index in [0.717, 1.165) is 69.7 Å². The Morgan fingerprint density at radius 1 is 0.374 bits per heavy atom. The van der Waals surface area contributed by atoms with Crippen LogP contribution in [0.5, 0.6) is 63.2 Å². The molecule has 139 heavy (non-hydrogen) atoms. The van der Waals surface area contributed by atoms with Crippen LogP contribution in [0.15, 0.2) is 191 Å². The van der Waals surface area contributed by atoms with E-state index in [4.69, 9.17) is 91.6 Å². The second kappa shape index (κ2) is 54.4. The fourth-order valence-corrected chi connectivity index (χ4v) is 15.1. The number of methoxy groups -OCH3 is 1. The summed E-state index contributed by atoms with van der Waals surface area (Å²) >= 11 is 8.14. The van der Waals surface area contributed by atoms with E-state index in [2.05, 4.69) is 88.1 Å². The van der Waals surface area contributed by atoms with Gasteiger partial charge >= 0.3 is 41.8 Å². The summed E-state index contributed by atoms with van der Waals surface area (Å²) in [6, 6.07) is 51.9. The van der Waals surface area contributed by atoms with Crippen molar-refractivity contribution in [2.75, 3.05) is 7.11 Å². The molecular formula is C104H115I4O27SiY3-3. The van der Waals surface area contributed by atoms with E-state index in [9.17, 15) is 38.7 Å². The van der Waals surface area contributed by atoms with Crippen LogP contribution < -0.4 is 28.4 Å². The average Bonchev–Trinajstić information content (AvgIpc) is 1.60. The van der Waals surface area contributed by atoms with Crippen molar-refractivity contribution in [3.05, 3.63) is 280 Å². The van der Waals surface area contributed by atoms with Gasteiger partial charge in [0.25, 0.3) is 0 Å². The molecule has 12 aromatic rings. The van der Waals surface area contributed by atoms with E-state index < -0.39 is 78.4 Å². The molecule has 35 heteroatoms. The number of benzene rings is 10. The van der Waals surface area contributed by atoms with E-state index in [-0.39, 0.29) is 205 Å². The third-order valence-electron chi connectivity index (χ3n) is 18.0. The summed E-state index contributed by atoms with van der Waals surface area (Å²) in [5.41, 5.74) is 11.7. The van der Waals surface area contributed by atoms with Gasteiger partial charge in [0.15, 0.2) is 5.76 Å². The summed E-state index contributed by atoms with van der Waals surface area (Å²) in [7, 11) is -0.0475. The van der Waals surface area contributed by atoms with Gasteiger partial charge in [0.1, 0.15) is 127 Å². The van der Waals surface area contributed by atoms with Crippen LogP contribution >= 0.6 is 90.4 Å². The summed E-state index contributed by atoms with van der Waals surface area (Å²) in [5.74, 6) is 3.54. The standard InChI is InChI=1S/C23H22O4Si.C19H16O4.C18H13IO4.C11H11IO3.C10H9IO4.C7H5IO4.C7H6O4.6CH4.3CH3.3Y/c1-23(2)26-20-14-19-17(13-18(20)22(24)27-23)16(11-12-28(3,4)5)21(25-19)15-9-7-6-8-10-15;1-19(2)22-17-12-16(21-3)14(11-15(17)18(20)23-19)10-9-13-7-5-4-6-8-13;1-18(2)22-14-9-13-11(8-12(14)17(20)23-18)15(19)16(21-13)10-6-4-3-5-7-10;1-6-4-9-7(5-8(6)12)10(13)15-11(2,3)14-9;1-10(2)14-8-4-7(12)6(11)3-5(8)9(13)15-10;8-4-1-3(7(11)12)5(9)2-6(4)10;8-4-1-2-5(7(10)11)6(9)3-4;;;;;;;;;;;;/h6-10,13-14H,1-5H3;4-8,11-12H,1-3H3;3-9H,1-2H3;4-5H,1-3H3;3-4,12H,1-2H3;1-2,9-10H,(H,11,12);1-3,8-9H,(H,10,11);6*1H4;3*1H3;;;/q;;;;;;;;;;;;;3*-1;;;. The number of halogens is 4. The Morgan fingerprint density at radius 2 is 0.727 bits per heavy atom. The first-order valence-electron chi connectivity index (χ1n) is 38.4. The number of rotatable bonds is 5. The fourth-order valence-electron chi connectivity index (χ4n) is 12.3. The van der Waals surface area contributed by atoms with Crippen molar-refractivity contribution in [3.63, 3.8) is 0 Å². The number of fused-ring (bicyclic) bond motifs is 7. The number of esters is 5. The van der Waals surface area contributed by atoms with Gasteiger partial charge in [-0.25, -0.2) is 33.6 Å². The van der Waals surface area contributed by atoms with Gasteiger partial charge in [-0.15, -0.1) is 5.54 Å². The number of carboxylic acids is 2. The number of aromatic carboxylic acids is 2. The number of cyclic esters (lactones) is 5. The molecule has 17 rings (SSSR count). The third-order valence-corrected chi connectivity index (χ3v) is 22.8. The van der Waals surface area contributed by atoms with Crippen LogP contribution in [-0.4, -0.2) is 122 Å². The molecule has 27 nitrogen and oxygen atoms in total. The van der Waals surface area contributed by atoms with E-state index in [1.807, 2.05) is 127 Å². The van der Waals surface area contributed by atoms with Crippen molar-refractivity contribution in [1.82, 2.24) is 0 Å². The minimum absolute atomic E-state index is 0. The first-order chi connectivity index (χ1) is 59.5. The van der Waals surface area contributed by atoms with Crippen molar-refractivity contribution in [3.8, 4) is 109 Å². The number of furan rings is 2. The second-order valence-corrected chi connectivity index (χ2v) is 40.9. The number of phenols is 5. The summed E-state index contributed by atoms with van der Waals surface area (Å²) in [6.07, 6.45) is 0. The quantitative estimate of drug-likeness (QED) is 0.0210. The van der Waals surface area contributed by atoms with Gasteiger partial charge in [-0.1, -0.05) is 161 Å². The van der Waals surface area contributed by atoms with Crippen molar-refractivity contribution in [1.29, 1.82) is 0 Å². The van der Waals surface area contributed by atoms with E-state index >= 15 is 0 Å². The predicted octanol–water partition coefficient (Wildman–Crippen LogP) is 26.5. The van der Waals surface area contributed by atoms with Gasteiger partial charge in [0.05, 0.1) is 28.9 Å². The van der Waals surface area contributed by atoms with E-state index in [1.54, 1.807) is 147 Å². The number of hydrogen-bond acceptors (Lipinski definition) is 25. The maximum absolute atomic E-state index is 12.5. The normalized spacial score (nSPS) is 13.5. The molecule has 2 aromatic heterocycles. The van der Waals surface area contributed by atoms with Crippen molar-refractivity contribution < 1.29 is 228 Å². The molecule has 0 unspecified atom stereocenters. The van der Waals surface area contributed by atoms with Crippen LogP contribution in [0.4, 0.5) is 0 Å². The zero-order chi connectivity index (χ0) is 92.9. The van der Waals surface area contributed by atoms with E-state index in [0.29, 0.717) is 91.9 Å². The van der Waals surface area contributed by atoms with Gasteiger partial charge < -0.3 is 119 Å². The van der Waals surface area contributed by atoms with Gasteiger partial charge in [-0.2, -0.15) is 0 Å². The molecule has 0 spiro atoms. The molecule has 3 radical (unpaired) electrons. The minimum Gasteiger partial charge on any atom is -0.508 e. The Bertz CT molecular complexity index is 6420. The average molecular weight is 2600 g/mol. The molecule has 0 bridgehead atoms. The monoisotopic (exact) mass is 2600 g/mol. The first kappa shape index (κ1) is 132. The third kappa shape index (κ3) is 34.1.